The van der Waals surface area contributed by atoms with Crippen LogP contribution >= 0.6 is 12.4 Å². The first-order valence-electron chi connectivity index (χ1n) is 6.30. The number of rotatable bonds is 4. The molecule has 2 fully saturated rings. The summed E-state index contributed by atoms with van der Waals surface area (Å²) in [6.07, 6.45) is 7.05. The molecule has 1 aliphatic carbocycles. The normalized spacial score (nSPS) is 31.9. The molecule has 2 atom stereocenters. The average molecular weight is 249 g/mol. The lowest BCUT2D eigenvalue weighted by atomic mass is 9.84. The van der Waals surface area contributed by atoms with Gasteiger partial charge in [-0.2, -0.15) is 0 Å². The van der Waals surface area contributed by atoms with Crippen LogP contribution in [0.1, 0.15) is 32.1 Å². The Labute approximate surface area is 105 Å². The first-order valence-corrected chi connectivity index (χ1v) is 6.30. The number of halogens is 1. The first-order chi connectivity index (χ1) is 7.33. The fourth-order valence-electron chi connectivity index (χ4n) is 2.77. The molecule has 0 aromatic heterocycles. The minimum atomic E-state index is 0. The fourth-order valence-corrected chi connectivity index (χ4v) is 2.77. The van der Waals surface area contributed by atoms with E-state index >= 15 is 0 Å². The number of nitrogens with two attached hydrogens (primary N) is 1. The van der Waals surface area contributed by atoms with Crippen molar-refractivity contribution in [2.75, 3.05) is 26.7 Å². The van der Waals surface area contributed by atoms with Gasteiger partial charge >= 0.3 is 0 Å². The Morgan fingerprint density at radius 1 is 1.31 bits per heavy atom. The van der Waals surface area contributed by atoms with Gasteiger partial charge in [-0.3, -0.25) is 4.90 Å². The van der Waals surface area contributed by atoms with Crippen LogP contribution in [0.5, 0.6) is 0 Å². The van der Waals surface area contributed by atoms with Crippen molar-refractivity contribution in [3.05, 3.63) is 0 Å². The highest BCUT2D eigenvalue weighted by Crippen LogP contribution is 2.29. The predicted octanol–water partition coefficient (Wildman–Crippen LogP) is 1.65. The van der Waals surface area contributed by atoms with Crippen LogP contribution in [-0.4, -0.2) is 43.8 Å². The highest BCUT2D eigenvalue weighted by atomic mass is 35.5. The Kier molecular flexibility index (Phi) is 6.05. The van der Waals surface area contributed by atoms with Crippen LogP contribution in [-0.2, 0) is 4.74 Å². The largest absolute Gasteiger partial charge is 0.381 e. The van der Waals surface area contributed by atoms with E-state index in [2.05, 4.69) is 4.90 Å². The second kappa shape index (κ2) is 6.80. The van der Waals surface area contributed by atoms with Gasteiger partial charge in [0.2, 0.25) is 0 Å². The highest BCUT2D eigenvalue weighted by molar-refractivity contribution is 5.85. The molecule has 1 saturated carbocycles. The maximum absolute atomic E-state index is 5.85. The summed E-state index contributed by atoms with van der Waals surface area (Å²) in [5.41, 5.74) is 5.85. The molecule has 0 spiro atoms. The van der Waals surface area contributed by atoms with E-state index < -0.39 is 0 Å². The number of piperidine rings is 1. The summed E-state index contributed by atoms with van der Waals surface area (Å²) >= 11 is 0. The van der Waals surface area contributed by atoms with E-state index in [9.17, 15) is 0 Å². The summed E-state index contributed by atoms with van der Waals surface area (Å²) < 4.78 is 5.43. The van der Waals surface area contributed by atoms with Crippen LogP contribution in [0.4, 0.5) is 0 Å². The maximum Gasteiger partial charge on any atom is 0.0599 e. The van der Waals surface area contributed by atoms with Gasteiger partial charge in [0.05, 0.1) is 6.10 Å². The molecule has 0 bridgehead atoms. The van der Waals surface area contributed by atoms with E-state index in [0.717, 1.165) is 18.9 Å². The monoisotopic (exact) mass is 248 g/mol. The van der Waals surface area contributed by atoms with Crippen molar-refractivity contribution < 1.29 is 4.74 Å². The van der Waals surface area contributed by atoms with Gasteiger partial charge in [-0.25, -0.2) is 0 Å². The van der Waals surface area contributed by atoms with Crippen molar-refractivity contribution >= 4 is 12.4 Å². The average Bonchev–Trinajstić information content (AvgIpc) is 2.23. The van der Waals surface area contributed by atoms with Crippen molar-refractivity contribution in [3.63, 3.8) is 0 Å². The Bertz CT molecular complexity index is 199. The molecular weight excluding hydrogens is 224 g/mol. The van der Waals surface area contributed by atoms with Crippen LogP contribution in [0.25, 0.3) is 0 Å². The van der Waals surface area contributed by atoms with E-state index in [1.807, 2.05) is 7.11 Å². The van der Waals surface area contributed by atoms with Gasteiger partial charge in [0.15, 0.2) is 0 Å². The molecule has 1 saturated heterocycles. The maximum atomic E-state index is 5.85. The second-order valence-corrected chi connectivity index (χ2v) is 5.06. The van der Waals surface area contributed by atoms with Crippen LogP contribution in [0.15, 0.2) is 0 Å². The number of methoxy groups -OCH3 is 1. The number of likely N-dealkylation sites (tertiary alicyclic amines) is 1. The lowest BCUT2D eigenvalue weighted by molar-refractivity contribution is 0.00280. The molecule has 0 amide bonds. The van der Waals surface area contributed by atoms with E-state index in [1.165, 1.54) is 38.8 Å². The minimum Gasteiger partial charge on any atom is -0.381 e. The zero-order valence-electron chi connectivity index (χ0n) is 10.2. The number of nitrogens with zero attached hydrogens (tertiary/aromatic N) is 1. The molecule has 96 valence electrons. The van der Waals surface area contributed by atoms with Gasteiger partial charge in [0, 0.05) is 32.8 Å². The lowest BCUT2D eigenvalue weighted by Crippen LogP contribution is -2.50. The Hall–Kier alpha value is 0.170. The van der Waals surface area contributed by atoms with E-state index in [-0.39, 0.29) is 12.4 Å². The fraction of sp³-hybridized carbons (Fsp3) is 1.00. The van der Waals surface area contributed by atoms with E-state index in [1.54, 1.807) is 0 Å². The summed E-state index contributed by atoms with van der Waals surface area (Å²) in [6, 6.07) is 0.560. The third-order valence-electron chi connectivity index (χ3n) is 4.11. The van der Waals surface area contributed by atoms with Gasteiger partial charge in [-0.1, -0.05) is 6.42 Å². The van der Waals surface area contributed by atoms with Crippen molar-refractivity contribution in [2.45, 2.75) is 44.2 Å². The van der Waals surface area contributed by atoms with Gasteiger partial charge < -0.3 is 10.5 Å². The lowest BCUT2D eigenvalue weighted by Gasteiger charge is -2.41. The molecule has 2 rings (SSSR count). The summed E-state index contributed by atoms with van der Waals surface area (Å²) in [5.74, 6) is 0.957. The smallest absolute Gasteiger partial charge is 0.0599 e. The molecule has 2 N–H and O–H groups in total. The molecule has 0 aromatic rings. The highest BCUT2D eigenvalue weighted by Gasteiger charge is 2.30. The van der Waals surface area contributed by atoms with Crippen molar-refractivity contribution in [2.24, 2.45) is 11.7 Å². The minimum absolute atomic E-state index is 0. The van der Waals surface area contributed by atoms with E-state index in [0.29, 0.717) is 12.1 Å². The number of ether oxygens (including phenoxy) is 1. The topological polar surface area (TPSA) is 38.5 Å². The number of hydrogen-bond donors (Lipinski definition) is 1. The van der Waals surface area contributed by atoms with Crippen molar-refractivity contribution in [1.82, 2.24) is 4.90 Å². The van der Waals surface area contributed by atoms with Gasteiger partial charge in [-0.15, -0.1) is 12.4 Å². The van der Waals surface area contributed by atoms with Crippen molar-refractivity contribution in [1.29, 1.82) is 0 Å². The van der Waals surface area contributed by atoms with E-state index in [4.69, 9.17) is 10.5 Å². The SMILES string of the molecule is COC1CCN(CC2CCC2)C(CN)C1.Cl. The van der Waals surface area contributed by atoms with Gasteiger partial charge in [0.1, 0.15) is 0 Å². The van der Waals surface area contributed by atoms with Crippen LogP contribution in [0, 0.1) is 5.92 Å². The molecular formula is C12H25ClN2O. The Morgan fingerprint density at radius 3 is 2.56 bits per heavy atom. The van der Waals surface area contributed by atoms with Crippen LogP contribution in [0.2, 0.25) is 0 Å². The van der Waals surface area contributed by atoms with Gasteiger partial charge in [-0.05, 0) is 31.6 Å². The summed E-state index contributed by atoms with van der Waals surface area (Å²) in [6.45, 7) is 3.24. The molecule has 4 heteroatoms. The molecule has 1 aliphatic heterocycles. The zero-order chi connectivity index (χ0) is 10.7. The van der Waals surface area contributed by atoms with Crippen LogP contribution in [0.3, 0.4) is 0 Å². The third-order valence-corrected chi connectivity index (χ3v) is 4.11. The standard InChI is InChI=1S/C12H24N2O.ClH/c1-15-12-5-6-14(11(7-12)8-13)9-10-3-2-4-10;/h10-12H,2-9,13H2,1H3;1H. The third kappa shape index (κ3) is 3.33. The second-order valence-electron chi connectivity index (χ2n) is 5.06. The molecule has 1 heterocycles. The van der Waals surface area contributed by atoms with Crippen molar-refractivity contribution in [3.8, 4) is 0 Å². The quantitative estimate of drug-likeness (QED) is 0.822. The molecule has 3 nitrogen and oxygen atoms in total. The molecule has 0 radical (unpaired) electrons. The summed E-state index contributed by atoms with van der Waals surface area (Å²) in [5, 5.41) is 0. The Morgan fingerprint density at radius 2 is 2.06 bits per heavy atom. The summed E-state index contributed by atoms with van der Waals surface area (Å²) in [7, 11) is 1.82. The van der Waals surface area contributed by atoms with Crippen LogP contribution < -0.4 is 5.73 Å². The first kappa shape index (κ1) is 14.2. The Balaban J connectivity index is 0.00000128. The number of hydrogen-bond acceptors (Lipinski definition) is 3. The molecule has 16 heavy (non-hydrogen) atoms. The molecule has 2 unspecified atom stereocenters. The molecule has 0 aromatic carbocycles. The molecule has 2 aliphatic rings. The van der Waals surface area contributed by atoms with Gasteiger partial charge in [0.25, 0.3) is 0 Å². The predicted molar refractivity (Wildman–Crippen MR) is 69.0 cm³/mol. The zero-order valence-corrected chi connectivity index (χ0v) is 11.0. The summed E-state index contributed by atoms with van der Waals surface area (Å²) in [4.78, 5) is 2.60.